The van der Waals surface area contributed by atoms with Crippen molar-refractivity contribution in [2.24, 2.45) is 5.92 Å². The monoisotopic (exact) mass is 902 g/mol. The van der Waals surface area contributed by atoms with Crippen molar-refractivity contribution in [3.8, 4) is 17.5 Å². The van der Waals surface area contributed by atoms with Crippen LogP contribution >= 0.6 is 23.2 Å². The van der Waals surface area contributed by atoms with Gasteiger partial charge in [0.25, 0.3) is 5.91 Å². The Morgan fingerprint density at radius 1 is 0.781 bits per heavy atom. The van der Waals surface area contributed by atoms with Gasteiger partial charge in [-0.15, -0.1) is 10.2 Å². The van der Waals surface area contributed by atoms with Gasteiger partial charge in [0.05, 0.1) is 65.4 Å². The molecule has 6 rings (SSSR count). The van der Waals surface area contributed by atoms with Crippen LogP contribution in [-0.4, -0.2) is 57.6 Å². The molecule has 14 nitrogen and oxygen atoms in total. The van der Waals surface area contributed by atoms with E-state index in [4.69, 9.17) is 57.3 Å². The first-order valence-electron chi connectivity index (χ1n) is 20.5. The Bertz CT molecular complexity index is 2540. The van der Waals surface area contributed by atoms with Crippen LogP contribution < -0.4 is 10.9 Å². The van der Waals surface area contributed by atoms with Gasteiger partial charge < -0.3 is 19.4 Å². The van der Waals surface area contributed by atoms with E-state index in [9.17, 15) is 19.8 Å². The third-order valence-electron chi connectivity index (χ3n) is 10.4. The molecular weight excluding hydrogens is 855 g/mol. The molecule has 2 amide bonds. The van der Waals surface area contributed by atoms with Crippen molar-refractivity contribution in [3.63, 3.8) is 0 Å². The standard InChI is InChI=1S/C22H21ClN4O3.C22H19ClN4O2.C4H8O/c1-4-17-16(9-10-19(25-3)20(17)23)11-18(13(2)28)22(30)27-26-21(29)15-7-5-14(12-24)6-8-15;1-5-17-15(8-11-19(25-4)20(17)23)12-18(13(2)28)22-27-26-21(29-22)14-6-9-16(24-3)10-7-14;1-2-4-5-3-1/h5-10,13,18,28H,4,11H2,1-2H3,(H,26,29)(H,27,30);6-11,13,18,28H,5,12H2,1-2H3;1-4H2/t2*13-,18+;/m00./s1. The molecule has 0 radical (unpaired) electrons. The van der Waals surface area contributed by atoms with Crippen molar-refractivity contribution >= 4 is 52.1 Å². The number of aromatic nitrogens is 2. The summed E-state index contributed by atoms with van der Waals surface area (Å²) < 4.78 is 10.8. The van der Waals surface area contributed by atoms with Gasteiger partial charge in [-0.2, -0.15) is 5.26 Å². The molecule has 1 saturated heterocycles. The van der Waals surface area contributed by atoms with Gasteiger partial charge >= 0.3 is 0 Å². The highest BCUT2D eigenvalue weighted by Gasteiger charge is 2.28. The summed E-state index contributed by atoms with van der Waals surface area (Å²) in [5.41, 5.74) is 10.7. The molecule has 4 aromatic carbocycles. The van der Waals surface area contributed by atoms with Gasteiger partial charge in [0.15, 0.2) is 5.69 Å². The van der Waals surface area contributed by atoms with Crippen molar-refractivity contribution in [1.82, 2.24) is 21.0 Å². The summed E-state index contributed by atoms with van der Waals surface area (Å²) in [6, 6.07) is 21.7. The number of amides is 2. The summed E-state index contributed by atoms with van der Waals surface area (Å²) in [5.74, 6) is -1.70. The predicted octanol–water partition coefficient (Wildman–Crippen LogP) is 9.88. The van der Waals surface area contributed by atoms with Crippen molar-refractivity contribution in [3.05, 3.63) is 156 Å². The molecule has 0 spiro atoms. The van der Waals surface area contributed by atoms with Gasteiger partial charge in [-0.1, -0.05) is 85.6 Å². The second-order valence-corrected chi connectivity index (χ2v) is 15.4. The number of nitrogens with one attached hydrogen (secondary N) is 2. The molecule has 1 fully saturated rings. The molecule has 64 heavy (non-hydrogen) atoms. The number of aliphatic hydroxyl groups excluding tert-OH is 2. The van der Waals surface area contributed by atoms with Gasteiger partial charge in [0, 0.05) is 24.3 Å². The van der Waals surface area contributed by atoms with Crippen LogP contribution in [0.25, 0.3) is 26.0 Å². The fourth-order valence-electron chi connectivity index (χ4n) is 6.71. The zero-order valence-corrected chi connectivity index (χ0v) is 37.4. The van der Waals surface area contributed by atoms with E-state index in [1.54, 1.807) is 49.4 Å². The summed E-state index contributed by atoms with van der Waals surface area (Å²) >= 11 is 12.7. The van der Waals surface area contributed by atoms with Gasteiger partial charge in [-0.25, -0.2) is 14.5 Å². The quantitative estimate of drug-likeness (QED) is 0.0699. The maximum absolute atomic E-state index is 12.6. The van der Waals surface area contributed by atoms with Crippen LogP contribution in [0.1, 0.15) is 90.5 Å². The van der Waals surface area contributed by atoms with Crippen molar-refractivity contribution in [1.29, 1.82) is 5.26 Å². The second kappa shape index (κ2) is 24.9. The Labute approximate surface area is 383 Å². The van der Waals surface area contributed by atoms with Crippen LogP contribution in [0.2, 0.25) is 10.0 Å². The first-order valence-corrected chi connectivity index (χ1v) is 21.3. The summed E-state index contributed by atoms with van der Waals surface area (Å²) in [4.78, 5) is 35.0. The maximum Gasteiger partial charge on any atom is 0.269 e. The normalized spacial score (nSPS) is 13.4. The molecule has 0 unspecified atom stereocenters. The average Bonchev–Trinajstić information content (AvgIpc) is 4.06. The number of rotatable bonds is 12. The summed E-state index contributed by atoms with van der Waals surface area (Å²) in [5, 5.41) is 38.4. The number of aliphatic hydroxyl groups is 2. The number of carbonyl (C=O) groups is 2. The smallest absolute Gasteiger partial charge is 0.269 e. The molecule has 0 saturated carbocycles. The molecule has 1 aliphatic heterocycles. The highest BCUT2D eigenvalue weighted by molar-refractivity contribution is 6.34. The van der Waals surface area contributed by atoms with Crippen LogP contribution in [0.15, 0.2) is 77.2 Å². The van der Waals surface area contributed by atoms with Crippen LogP contribution in [0, 0.1) is 37.0 Å². The Morgan fingerprint density at radius 3 is 1.80 bits per heavy atom. The van der Waals surface area contributed by atoms with Crippen LogP contribution in [-0.2, 0) is 35.2 Å². The fourth-order valence-corrected chi connectivity index (χ4v) is 7.43. The fraction of sp³-hybridized carbons (Fsp3) is 0.333. The van der Waals surface area contributed by atoms with Crippen LogP contribution in [0.5, 0.6) is 0 Å². The van der Waals surface area contributed by atoms with Gasteiger partial charge in [0.2, 0.25) is 29.1 Å². The minimum absolute atomic E-state index is 0.192. The molecule has 330 valence electrons. The number of carbonyl (C=O) groups excluding carboxylic acids is 2. The van der Waals surface area contributed by atoms with E-state index in [2.05, 4.69) is 35.6 Å². The third kappa shape index (κ3) is 13.4. The minimum atomic E-state index is -0.985. The number of hydrogen-bond acceptors (Lipinski definition) is 9. The van der Waals surface area contributed by atoms with Gasteiger partial charge in [-0.05, 0) is 98.9 Å². The van der Waals surface area contributed by atoms with E-state index in [1.807, 2.05) is 26.0 Å². The van der Waals surface area contributed by atoms with Crippen LogP contribution in [0.4, 0.5) is 17.1 Å². The highest BCUT2D eigenvalue weighted by atomic mass is 35.5. The maximum atomic E-state index is 12.6. The minimum Gasteiger partial charge on any atom is -0.420 e. The van der Waals surface area contributed by atoms with E-state index in [0.29, 0.717) is 69.3 Å². The summed E-state index contributed by atoms with van der Waals surface area (Å²) in [6.07, 6.45) is 2.74. The number of halogens is 2. The largest absolute Gasteiger partial charge is 0.420 e. The molecule has 16 heteroatoms. The lowest BCUT2D eigenvalue weighted by Crippen LogP contribution is -2.47. The van der Waals surface area contributed by atoms with E-state index >= 15 is 0 Å². The highest BCUT2D eigenvalue weighted by Crippen LogP contribution is 2.36. The zero-order chi connectivity index (χ0) is 46.8. The van der Waals surface area contributed by atoms with E-state index in [0.717, 1.165) is 35.5 Å². The lowest BCUT2D eigenvalue weighted by atomic mass is 9.90. The number of ether oxygens (including phenoxy) is 1. The van der Waals surface area contributed by atoms with Gasteiger partial charge in [0.1, 0.15) is 0 Å². The molecule has 5 aromatic rings. The Morgan fingerprint density at radius 2 is 1.34 bits per heavy atom. The zero-order valence-electron chi connectivity index (χ0n) is 35.9. The Kier molecular flexibility index (Phi) is 19.4. The third-order valence-corrected chi connectivity index (χ3v) is 11.2. The molecule has 4 N–H and O–H groups in total. The molecule has 4 atom stereocenters. The first-order chi connectivity index (χ1) is 30.8. The molecule has 2 heterocycles. The van der Waals surface area contributed by atoms with E-state index < -0.39 is 35.9 Å². The Hall–Kier alpha value is -6.62. The Balaban J connectivity index is 0.000000252. The molecular formula is C48H48Cl2N8O6. The summed E-state index contributed by atoms with van der Waals surface area (Å²) in [6.45, 7) is 30.5. The molecule has 0 bridgehead atoms. The average molecular weight is 904 g/mol. The second-order valence-electron chi connectivity index (χ2n) is 14.7. The lowest BCUT2D eigenvalue weighted by Gasteiger charge is -2.21. The SMILES string of the molecule is C1CCOC1.[C-]#[N+]c1ccc(-c2nnc([C@H](Cc3ccc([N+]#[C-])c(Cl)c3CC)[C@H](C)O)o2)cc1.[C-]#[N+]c1ccc(C[C@@H](C(=O)NNC(=O)c2ccc(C#N)cc2)[C@H](C)O)c(CC)c1Cl. The topological polar surface area (TPSA) is 184 Å². The van der Waals surface area contributed by atoms with Crippen molar-refractivity contribution in [2.45, 2.75) is 84.3 Å². The van der Waals surface area contributed by atoms with Crippen molar-refractivity contribution < 1.29 is 29.0 Å². The number of nitriles is 1. The molecule has 1 aliphatic rings. The molecule has 0 aliphatic carbocycles. The van der Waals surface area contributed by atoms with E-state index in [-0.39, 0.29) is 12.0 Å². The van der Waals surface area contributed by atoms with Crippen molar-refractivity contribution in [2.75, 3.05) is 13.2 Å². The van der Waals surface area contributed by atoms with Gasteiger partial charge in [-0.3, -0.25) is 20.4 Å². The van der Waals surface area contributed by atoms with Crippen LogP contribution in [0.3, 0.4) is 0 Å². The number of benzene rings is 4. The van der Waals surface area contributed by atoms with E-state index in [1.165, 1.54) is 44.0 Å². The molecule has 1 aromatic heterocycles. The lowest BCUT2D eigenvalue weighted by molar-refractivity contribution is -0.128. The summed E-state index contributed by atoms with van der Waals surface area (Å²) in [7, 11) is 0. The number of hydrazine groups is 1. The predicted molar refractivity (Wildman–Crippen MR) is 244 cm³/mol. The first kappa shape index (κ1) is 50.0. The number of nitrogens with zero attached hydrogens (tertiary/aromatic N) is 6. The number of hydrogen-bond donors (Lipinski definition) is 4.